The van der Waals surface area contributed by atoms with E-state index in [0.29, 0.717) is 62.4 Å². The largest absolute Gasteiger partial charge is 2.00 e. The maximum atomic E-state index is 13.9. The Hall–Kier alpha value is -0.955. The van der Waals surface area contributed by atoms with E-state index in [2.05, 4.69) is 5.32 Å². The Kier molecular flexibility index (Phi) is 19.0. The van der Waals surface area contributed by atoms with Crippen molar-refractivity contribution in [3.8, 4) is 0 Å². The second-order valence-electron chi connectivity index (χ2n) is 13.5. The Labute approximate surface area is 419 Å². The predicted octanol–water partition coefficient (Wildman–Crippen LogP) is -2.90. The maximum absolute atomic E-state index is 13.9. The summed E-state index contributed by atoms with van der Waals surface area (Å²) < 4.78 is 39.1. The molecule has 55 heavy (non-hydrogen) atoms. The van der Waals surface area contributed by atoms with Crippen molar-refractivity contribution < 1.29 is 165 Å². The average Bonchev–Trinajstić information content (AvgIpc) is 3.74. The quantitative estimate of drug-likeness (QED) is 0.0884. The third-order valence-electron chi connectivity index (χ3n) is 10.2. The van der Waals surface area contributed by atoms with Crippen molar-refractivity contribution in [1.29, 1.82) is 0 Å². The molecule has 0 aromatic carbocycles. The number of aryl methyl sites for hydroxylation is 2. The first-order valence-electron chi connectivity index (χ1n) is 17.1. The SMILES string of the molecule is CCC1c2cc3[n-]c(c(CC(=O)OC)c4nc(cc5[n-]c(cc(n2)C1C)c(C(C)=O)c5C)[C@@H](C)[C@@H]4CCC(=O)[O-])c(C(=O)NCCS(=O)(=O)[O-])c3C.[K+].[K+].[Pd+2]. The molecule has 18 heteroatoms. The zero-order valence-electron chi connectivity index (χ0n) is 32.5. The zero-order chi connectivity index (χ0) is 38.2. The van der Waals surface area contributed by atoms with Crippen LogP contribution in [0.2, 0.25) is 0 Å². The minimum Gasteiger partial charge on any atom is -0.748 e. The number of amides is 1. The number of aliphatic carboxylic acids is 1. The summed E-state index contributed by atoms with van der Waals surface area (Å²) in [6.45, 7) is 10.4. The molecule has 0 aliphatic carbocycles. The number of Topliss-reactive ketones (excluding diaryl/α,β-unsaturated/α-hetero) is 1. The molecular formula is C37H41K2N5O9PdS. The third-order valence-corrected chi connectivity index (χ3v) is 10.9. The van der Waals surface area contributed by atoms with Gasteiger partial charge in [0.2, 0.25) is 5.91 Å². The van der Waals surface area contributed by atoms with E-state index in [4.69, 9.17) is 24.7 Å². The molecule has 0 fully saturated rings. The van der Waals surface area contributed by atoms with Gasteiger partial charge in [0.25, 0.3) is 0 Å². The van der Waals surface area contributed by atoms with Gasteiger partial charge in [0.15, 0.2) is 5.78 Å². The fraction of sp³-hybridized carbons (Fsp3) is 0.459. The number of fused-ring (bicyclic) bond motifs is 8. The molecule has 3 aromatic heterocycles. The summed E-state index contributed by atoms with van der Waals surface area (Å²) in [5.41, 5.74) is 5.35. The monoisotopic (exact) mass is 915 g/mol. The second kappa shape index (κ2) is 20.8. The molecule has 2 unspecified atom stereocenters. The van der Waals surface area contributed by atoms with Crippen LogP contribution in [0.15, 0.2) is 18.2 Å². The molecule has 0 saturated heterocycles. The summed E-state index contributed by atoms with van der Waals surface area (Å²) in [5, 5.41) is 14.2. The number of aromatic nitrogens is 4. The number of hydrogen-bond donors (Lipinski definition) is 1. The number of ether oxygens (including phenoxy) is 1. The number of hydrogen-bond acceptors (Lipinski definition) is 11. The number of ketones is 1. The van der Waals surface area contributed by atoms with Crippen molar-refractivity contribution in [1.82, 2.24) is 25.3 Å². The molecule has 4 atom stereocenters. The van der Waals surface area contributed by atoms with E-state index in [-0.39, 0.29) is 170 Å². The van der Waals surface area contributed by atoms with Gasteiger partial charge in [0.1, 0.15) is 0 Å². The normalized spacial score (nSPS) is 17.6. The standard InChI is InChI=1S/C37H45N5O9S.2K.Pd/c1-8-22-17(2)25-16-30-33(21(6)43)19(4)27(40-30)14-26-18(3)23(9-10-31(44)45)35(41-26)24(13-32(46)51-7)36-34(37(47)38-11-12-52(48,49)50)20(5)28(42-36)15-29(22)39-25;;;/h14-18,22-23H,8-13H2,1-7H3,(H5,38,39,40,41,42,43,44,45,47,48,49,50);;;/q;2*+1;+2/p-4/t17?,18-,22?,23-;;;/m0.../s1. The molecule has 2 aliphatic rings. The third kappa shape index (κ3) is 11.2. The molecule has 0 spiro atoms. The number of nitrogens with one attached hydrogen (secondary N) is 1. The van der Waals surface area contributed by atoms with Crippen molar-refractivity contribution in [2.24, 2.45) is 0 Å². The molecule has 14 nitrogen and oxygen atoms in total. The summed E-state index contributed by atoms with van der Waals surface area (Å²) >= 11 is 0. The maximum Gasteiger partial charge on any atom is 2.00 e. The van der Waals surface area contributed by atoms with Gasteiger partial charge >= 0.3 is 129 Å². The summed E-state index contributed by atoms with van der Waals surface area (Å²) in [6, 6.07) is 5.34. The van der Waals surface area contributed by atoms with Gasteiger partial charge in [-0.1, -0.05) is 50.1 Å². The van der Waals surface area contributed by atoms with E-state index in [1.165, 1.54) is 14.0 Å². The molecule has 0 radical (unpaired) electrons. The van der Waals surface area contributed by atoms with Gasteiger partial charge in [0.05, 0.1) is 29.4 Å². The van der Waals surface area contributed by atoms with Crippen LogP contribution < -0.4 is 123 Å². The Morgan fingerprint density at radius 2 is 1.45 bits per heavy atom. The fourth-order valence-corrected chi connectivity index (χ4v) is 7.69. The van der Waals surface area contributed by atoms with Gasteiger partial charge in [-0.15, -0.1) is 22.1 Å². The van der Waals surface area contributed by atoms with Crippen LogP contribution in [0.3, 0.4) is 0 Å². The number of methoxy groups -OCH3 is 1. The first kappa shape index (κ1) is 50.2. The van der Waals surface area contributed by atoms with Gasteiger partial charge in [-0.3, -0.25) is 24.4 Å². The van der Waals surface area contributed by atoms with E-state index in [1.807, 2.05) is 26.8 Å². The summed E-state index contributed by atoms with van der Waals surface area (Å²) in [4.78, 5) is 71.4. The van der Waals surface area contributed by atoms with Crippen LogP contribution in [0.25, 0.3) is 22.1 Å². The number of nitrogens with zero attached hydrogens (tertiary/aromatic N) is 4. The van der Waals surface area contributed by atoms with E-state index in [0.717, 1.165) is 0 Å². The molecule has 1 N–H and O–H groups in total. The first-order chi connectivity index (χ1) is 24.4. The van der Waals surface area contributed by atoms with Crippen LogP contribution in [0, 0.1) is 13.8 Å². The van der Waals surface area contributed by atoms with Crippen molar-refractivity contribution in [2.45, 2.75) is 90.9 Å². The summed E-state index contributed by atoms with van der Waals surface area (Å²) in [5.74, 6) is -4.82. The minimum absolute atomic E-state index is 0. The van der Waals surface area contributed by atoms with Crippen LogP contribution in [0.5, 0.6) is 0 Å². The number of rotatable bonds is 11. The number of carboxylic acid groups (broad SMARTS) is 1. The summed E-state index contributed by atoms with van der Waals surface area (Å²) in [6.07, 6.45) is 0.0578. The second-order valence-corrected chi connectivity index (χ2v) is 15.0. The molecule has 2 aliphatic heterocycles. The van der Waals surface area contributed by atoms with E-state index >= 15 is 0 Å². The van der Waals surface area contributed by atoms with Crippen molar-refractivity contribution in [3.63, 3.8) is 0 Å². The predicted molar refractivity (Wildman–Crippen MR) is 188 cm³/mol. The van der Waals surface area contributed by atoms with Gasteiger partial charge in [0, 0.05) is 70.1 Å². The van der Waals surface area contributed by atoms with Crippen LogP contribution >= 0.6 is 0 Å². The first-order valence-corrected chi connectivity index (χ1v) is 18.7. The average molecular weight is 916 g/mol. The van der Waals surface area contributed by atoms with Gasteiger partial charge in [-0.05, 0) is 45.6 Å². The van der Waals surface area contributed by atoms with Crippen LogP contribution in [-0.2, 0) is 51.3 Å². The topological polar surface area (TPSA) is 224 Å². The molecule has 5 rings (SSSR count). The van der Waals surface area contributed by atoms with Crippen LogP contribution in [0.4, 0.5) is 0 Å². The van der Waals surface area contributed by atoms with E-state index in [9.17, 15) is 37.3 Å². The van der Waals surface area contributed by atoms with Crippen molar-refractivity contribution in [2.75, 3.05) is 19.4 Å². The van der Waals surface area contributed by atoms with Crippen molar-refractivity contribution in [3.05, 3.63) is 68.8 Å². The van der Waals surface area contributed by atoms with E-state index in [1.54, 1.807) is 26.0 Å². The number of esters is 1. The molecule has 5 heterocycles. The van der Waals surface area contributed by atoms with E-state index < -0.39 is 58.5 Å². The minimum atomic E-state index is -4.64. The van der Waals surface area contributed by atoms with Crippen LogP contribution in [0.1, 0.15) is 131 Å². The molecular weight excluding hydrogens is 875 g/mol. The molecule has 1 amide bonds. The Balaban J connectivity index is 0.00000348. The Bertz CT molecular complexity index is 2260. The smallest absolute Gasteiger partial charge is 0.748 e. The molecule has 286 valence electrons. The fourth-order valence-electron chi connectivity index (χ4n) is 7.34. The van der Waals surface area contributed by atoms with Crippen LogP contribution in [-0.4, -0.2) is 66.0 Å². The molecule has 3 aromatic rings. The summed E-state index contributed by atoms with van der Waals surface area (Å²) in [7, 11) is -3.43. The zero-order valence-corrected chi connectivity index (χ0v) is 41.1. The van der Waals surface area contributed by atoms with Gasteiger partial charge < -0.3 is 34.5 Å². The molecule has 8 bridgehead atoms. The number of carboxylic acids is 1. The Morgan fingerprint density at radius 3 is 2.04 bits per heavy atom. The Morgan fingerprint density at radius 1 is 0.891 bits per heavy atom. The number of carbonyl (C=O) groups excluding carboxylic acids is 4. The molecule has 0 saturated carbocycles. The van der Waals surface area contributed by atoms with Gasteiger partial charge in [-0.25, -0.2) is 8.42 Å². The van der Waals surface area contributed by atoms with Gasteiger partial charge in [-0.2, -0.15) is 0 Å². The van der Waals surface area contributed by atoms with Crippen molar-refractivity contribution >= 4 is 55.8 Å². The number of carbonyl (C=O) groups is 4.